The quantitative estimate of drug-likeness (QED) is 0.191. The summed E-state index contributed by atoms with van der Waals surface area (Å²) in [6.07, 6.45) is 13.2. The van der Waals surface area contributed by atoms with Gasteiger partial charge in [0.15, 0.2) is 0 Å². The Hall–Kier alpha value is -1.17. The molecular formula is C30H54O5. The normalized spacial score (nSPS) is 26.7. The van der Waals surface area contributed by atoms with Crippen LogP contribution in [0.25, 0.3) is 0 Å². The molecule has 0 fully saturated rings. The number of allylic oxidation sites excluding steroid dienone is 2. The first-order chi connectivity index (χ1) is 16.4. The summed E-state index contributed by atoms with van der Waals surface area (Å²) in [7, 11) is 0. The summed E-state index contributed by atoms with van der Waals surface area (Å²) in [5.74, 6) is 0.0688. The predicted octanol–water partition coefficient (Wildman–Crippen LogP) is 6.92. The lowest BCUT2D eigenvalue weighted by atomic mass is 9.76. The van der Waals surface area contributed by atoms with E-state index in [1.165, 1.54) is 11.1 Å². The molecule has 0 saturated heterocycles. The average molecular weight is 495 g/mol. The maximum Gasteiger partial charge on any atom is 0.306 e. The maximum atomic E-state index is 10.9. The van der Waals surface area contributed by atoms with E-state index >= 15 is 0 Å². The van der Waals surface area contributed by atoms with Gasteiger partial charge in [0.2, 0.25) is 0 Å². The SMILES string of the molecule is CCOC1C(CCC(C)CC/C=C(\C)CCCC(C)(O)CCCC(C)C(=O)O)=CC(O)C(C)C1C. The highest BCUT2D eigenvalue weighted by Gasteiger charge is 2.34. The molecule has 0 saturated carbocycles. The number of aliphatic hydroxyl groups is 2. The van der Waals surface area contributed by atoms with Crippen LogP contribution in [-0.2, 0) is 9.53 Å². The molecule has 1 aliphatic carbocycles. The molecule has 0 bridgehead atoms. The molecule has 204 valence electrons. The number of aliphatic carboxylic acids is 1. The Labute approximate surface area is 215 Å². The first-order valence-corrected chi connectivity index (χ1v) is 14.0. The van der Waals surface area contributed by atoms with Crippen molar-refractivity contribution < 1.29 is 24.9 Å². The van der Waals surface area contributed by atoms with Crippen molar-refractivity contribution in [3.63, 3.8) is 0 Å². The summed E-state index contributed by atoms with van der Waals surface area (Å²) < 4.78 is 6.04. The van der Waals surface area contributed by atoms with Gasteiger partial charge in [-0.05, 0) is 108 Å². The van der Waals surface area contributed by atoms with Crippen molar-refractivity contribution >= 4 is 5.97 Å². The Morgan fingerprint density at radius 2 is 1.80 bits per heavy atom. The summed E-state index contributed by atoms with van der Waals surface area (Å²) in [6, 6.07) is 0. The Kier molecular flexibility index (Phi) is 14.4. The Morgan fingerprint density at radius 1 is 1.14 bits per heavy atom. The zero-order chi connectivity index (χ0) is 26.6. The zero-order valence-electron chi connectivity index (χ0n) is 23.6. The molecule has 0 aliphatic heterocycles. The molecule has 0 spiro atoms. The second-order valence-corrected chi connectivity index (χ2v) is 11.6. The van der Waals surface area contributed by atoms with Crippen LogP contribution in [-0.4, -0.2) is 45.7 Å². The van der Waals surface area contributed by atoms with Gasteiger partial charge in [0.25, 0.3) is 0 Å². The molecular weight excluding hydrogens is 440 g/mol. The highest BCUT2D eigenvalue weighted by atomic mass is 16.5. The van der Waals surface area contributed by atoms with Crippen molar-refractivity contribution in [1.29, 1.82) is 0 Å². The molecule has 0 radical (unpaired) electrons. The van der Waals surface area contributed by atoms with Crippen LogP contribution in [0.2, 0.25) is 0 Å². The number of ether oxygens (including phenoxy) is 1. The fourth-order valence-electron chi connectivity index (χ4n) is 5.11. The molecule has 5 nitrogen and oxygen atoms in total. The van der Waals surface area contributed by atoms with Crippen molar-refractivity contribution in [3.05, 3.63) is 23.3 Å². The van der Waals surface area contributed by atoms with Crippen LogP contribution in [0.3, 0.4) is 0 Å². The van der Waals surface area contributed by atoms with Crippen LogP contribution in [0.4, 0.5) is 0 Å². The van der Waals surface area contributed by atoms with E-state index in [0.29, 0.717) is 31.3 Å². The number of rotatable bonds is 17. The molecule has 5 heteroatoms. The Morgan fingerprint density at radius 3 is 2.43 bits per heavy atom. The van der Waals surface area contributed by atoms with E-state index in [4.69, 9.17) is 9.84 Å². The van der Waals surface area contributed by atoms with E-state index in [2.05, 4.69) is 33.8 Å². The molecule has 0 aromatic carbocycles. The van der Waals surface area contributed by atoms with Gasteiger partial charge in [-0.25, -0.2) is 0 Å². The van der Waals surface area contributed by atoms with E-state index < -0.39 is 11.6 Å². The Bertz CT molecular complexity index is 680. The Balaban J connectivity index is 2.34. The summed E-state index contributed by atoms with van der Waals surface area (Å²) >= 11 is 0. The van der Waals surface area contributed by atoms with Crippen molar-refractivity contribution in [3.8, 4) is 0 Å². The molecule has 1 aliphatic rings. The largest absolute Gasteiger partial charge is 0.481 e. The van der Waals surface area contributed by atoms with Crippen molar-refractivity contribution in [2.24, 2.45) is 23.7 Å². The fraction of sp³-hybridized carbons (Fsp3) is 0.833. The highest BCUT2D eigenvalue weighted by molar-refractivity contribution is 5.69. The average Bonchev–Trinajstić information content (AvgIpc) is 2.78. The lowest BCUT2D eigenvalue weighted by molar-refractivity contribution is -0.141. The lowest BCUT2D eigenvalue weighted by Crippen LogP contribution is -2.39. The van der Waals surface area contributed by atoms with Gasteiger partial charge in [-0.1, -0.05) is 45.4 Å². The van der Waals surface area contributed by atoms with Gasteiger partial charge < -0.3 is 20.1 Å². The first-order valence-electron chi connectivity index (χ1n) is 14.0. The van der Waals surface area contributed by atoms with Crippen LogP contribution >= 0.6 is 0 Å². The smallest absolute Gasteiger partial charge is 0.306 e. The third-order valence-corrected chi connectivity index (χ3v) is 8.08. The van der Waals surface area contributed by atoms with Crippen LogP contribution in [0.5, 0.6) is 0 Å². The molecule has 0 aromatic heterocycles. The minimum absolute atomic E-state index is 0.130. The predicted molar refractivity (Wildman–Crippen MR) is 144 cm³/mol. The minimum Gasteiger partial charge on any atom is -0.481 e. The molecule has 3 N–H and O–H groups in total. The number of carboxylic acid groups (broad SMARTS) is 1. The van der Waals surface area contributed by atoms with Gasteiger partial charge in [0.05, 0.1) is 23.7 Å². The van der Waals surface area contributed by atoms with Crippen molar-refractivity contribution in [1.82, 2.24) is 0 Å². The molecule has 0 heterocycles. The summed E-state index contributed by atoms with van der Waals surface area (Å²) in [5.41, 5.74) is 1.93. The second-order valence-electron chi connectivity index (χ2n) is 11.6. The van der Waals surface area contributed by atoms with Gasteiger partial charge in [-0.2, -0.15) is 0 Å². The number of hydrogen-bond acceptors (Lipinski definition) is 4. The van der Waals surface area contributed by atoms with Crippen LogP contribution in [0.1, 0.15) is 113 Å². The zero-order valence-corrected chi connectivity index (χ0v) is 23.6. The van der Waals surface area contributed by atoms with Crippen LogP contribution in [0.15, 0.2) is 23.3 Å². The summed E-state index contributed by atoms with van der Waals surface area (Å²) in [5, 5.41) is 30.0. The summed E-state index contributed by atoms with van der Waals surface area (Å²) in [6.45, 7) is 15.1. The standard InChI is InChI=1S/C30H54O5/c1-8-35-28-25(6)24(5)27(31)20-26(28)17-16-22(3)13-9-12-21(2)14-10-18-30(7,34)19-11-15-23(4)29(32)33/h12,20,22-25,27-28,31,34H,8-11,13-19H2,1-7H3,(H,32,33)/b21-12+. The number of aliphatic hydroxyl groups excluding tert-OH is 1. The number of carbonyl (C=O) groups is 1. The lowest BCUT2D eigenvalue weighted by Gasteiger charge is -2.37. The molecule has 1 rings (SSSR count). The van der Waals surface area contributed by atoms with E-state index in [0.717, 1.165) is 51.4 Å². The van der Waals surface area contributed by atoms with E-state index in [1.807, 2.05) is 19.9 Å². The van der Waals surface area contributed by atoms with E-state index in [-0.39, 0.29) is 24.0 Å². The topological polar surface area (TPSA) is 87.0 Å². The molecule has 0 amide bonds. The third kappa shape index (κ3) is 12.1. The van der Waals surface area contributed by atoms with E-state index in [1.54, 1.807) is 6.92 Å². The van der Waals surface area contributed by atoms with Gasteiger partial charge >= 0.3 is 5.97 Å². The van der Waals surface area contributed by atoms with Crippen LogP contribution in [0, 0.1) is 23.7 Å². The van der Waals surface area contributed by atoms with E-state index in [9.17, 15) is 15.0 Å². The molecule has 35 heavy (non-hydrogen) atoms. The fourth-order valence-corrected chi connectivity index (χ4v) is 5.11. The van der Waals surface area contributed by atoms with Gasteiger partial charge in [-0.15, -0.1) is 0 Å². The maximum absolute atomic E-state index is 10.9. The molecule has 7 unspecified atom stereocenters. The monoisotopic (exact) mass is 494 g/mol. The number of carboxylic acids is 1. The summed E-state index contributed by atoms with van der Waals surface area (Å²) in [4.78, 5) is 10.9. The van der Waals surface area contributed by atoms with Gasteiger partial charge in [-0.3, -0.25) is 4.79 Å². The van der Waals surface area contributed by atoms with Gasteiger partial charge in [0.1, 0.15) is 0 Å². The molecule has 7 atom stereocenters. The second kappa shape index (κ2) is 15.8. The van der Waals surface area contributed by atoms with Crippen molar-refractivity contribution in [2.75, 3.05) is 6.61 Å². The highest BCUT2D eigenvalue weighted by Crippen LogP contribution is 2.35. The van der Waals surface area contributed by atoms with Gasteiger partial charge in [0, 0.05) is 6.61 Å². The van der Waals surface area contributed by atoms with Crippen molar-refractivity contribution in [2.45, 2.75) is 130 Å². The molecule has 0 aromatic rings. The number of hydrogen-bond donors (Lipinski definition) is 3. The van der Waals surface area contributed by atoms with Crippen LogP contribution < -0.4 is 0 Å². The first kappa shape index (κ1) is 31.9. The minimum atomic E-state index is -0.761. The third-order valence-electron chi connectivity index (χ3n) is 8.08.